The molecule has 0 atom stereocenters. The zero-order valence-corrected chi connectivity index (χ0v) is 11.4. The Balaban J connectivity index is 2.51. The number of anilines is 1. The third-order valence-corrected chi connectivity index (χ3v) is 3.01. The van der Waals surface area contributed by atoms with Crippen molar-refractivity contribution in [2.24, 2.45) is 0 Å². The lowest BCUT2D eigenvalue weighted by Gasteiger charge is -2.10. The first-order valence-electron chi connectivity index (χ1n) is 5.81. The van der Waals surface area contributed by atoms with Crippen molar-refractivity contribution in [3.63, 3.8) is 0 Å². The molecule has 0 fully saturated rings. The van der Waals surface area contributed by atoms with Crippen molar-refractivity contribution in [1.29, 1.82) is 0 Å². The van der Waals surface area contributed by atoms with Crippen LogP contribution in [0.15, 0.2) is 24.5 Å². The molecule has 0 spiro atoms. The second-order valence-electron chi connectivity index (χ2n) is 3.97. The van der Waals surface area contributed by atoms with Crippen LogP contribution >= 0.6 is 11.6 Å². The van der Waals surface area contributed by atoms with Crippen LogP contribution in [0.4, 0.5) is 5.82 Å². The van der Waals surface area contributed by atoms with Crippen molar-refractivity contribution in [3.8, 4) is 5.69 Å². The highest BCUT2D eigenvalue weighted by Crippen LogP contribution is 2.27. The van der Waals surface area contributed by atoms with Crippen LogP contribution in [0, 0.1) is 6.92 Å². The van der Waals surface area contributed by atoms with E-state index >= 15 is 0 Å². The Bertz CT molecular complexity index is 602. The van der Waals surface area contributed by atoms with E-state index in [1.807, 2.05) is 19.1 Å². The van der Waals surface area contributed by atoms with Crippen LogP contribution < -0.4 is 5.73 Å². The average molecular weight is 280 g/mol. The number of rotatable bonds is 3. The minimum absolute atomic E-state index is 0.0983. The molecule has 1 aromatic heterocycles. The number of benzene rings is 1. The van der Waals surface area contributed by atoms with Crippen molar-refractivity contribution < 1.29 is 9.53 Å². The number of para-hydroxylation sites is 1. The smallest absolute Gasteiger partial charge is 0.360 e. The molecule has 0 aliphatic rings. The molecule has 0 aliphatic carbocycles. The summed E-state index contributed by atoms with van der Waals surface area (Å²) in [5, 5.41) is 0.541. The molecule has 6 heteroatoms. The Morgan fingerprint density at radius 2 is 2.26 bits per heavy atom. The molecule has 0 amide bonds. The molecule has 0 unspecified atom stereocenters. The number of imidazole rings is 1. The van der Waals surface area contributed by atoms with Gasteiger partial charge in [0.2, 0.25) is 0 Å². The fourth-order valence-corrected chi connectivity index (χ4v) is 2.13. The molecular formula is C13H14ClN3O2. The minimum Gasteiger partial charge on any atom is -0.461 e. The number of hydrogen-bond acceptors (Lipinski definition) is 4. The van der Waals surface area contributed by atoms with Crippen LogP contribution in [0.2, 0.25) is 5.02 Å². The Morgan fingerprint density at radius 3 is 2.89 bits per heavy atom. The number of carbonyl (C=O) groups is 1. The van der Waals surface area contributed by atoms with Crippen LogP contribution in [0.1, 0.15) is 23.0 Å². The molecule has 0 radical (unpaired) electrons. The largest absolute Gasteiger partial charge is 0.461 e. The summed E-state index contributed by atoms with van der Waals surface area (Å²) in [4.78, 5) is 15.7. The van der Waals surface area contributed by atoms with Crippen LogP contribution in [-0.4, -0.2) is 22.1 Å². The van der Waals surface area contributed by atoms with Gasteiger partial charge >= 0.3 is 5.97 Å². The Kier molecular flexibility index (Phi) is 3.76. The maximum absolute atomic E-state index is 11.7. The summed E-state index contributed by atoms with van der Waals surface area (Å²) in [5.74, 6) is -0.321. The number of nitrogens with two attached hydrogens (primary N) is 1. The van der Waals surface area contributed by atoms with Crippen LogP contribution in [0.3, 0.4) is 0 Å². The van der Waals surface area contributed by atoms with Crippen molar-refractivity contribution >= 4 is 23.4 Å². The van der Waals surface area contributed by atoms with Gasteiger partial charge in [0.15, 0.2) is 5.69 Å². The summed E-state index contributed by atoms with van der Waals surface area (Å²) in [5.41, 5.74) is 7.69. The monoisotopic (exact) mass is 279 g/mol. The summed E-state index contributed by atoms with van der Waals surface area (Å²) in [6.07, 6.45) is 1.47. The number of nitrogen functional groups attached to an aromatic ring is 1. The Hall–Kier alpha value is -2.01. The van der Waals surface area contributed by atoms with Crippen molar-refractivity contribution in [2.45, 2.75) is 13.8 Å². The number of ether oxygens (including phenoxy) is 1. The van der Waals surface area contributed by atoms with Gasteiger partial charge in [0.05, 0.1) is 17.3 Å². The first-order valence-corrected chi connectivity index (χ1v) is 6.19. The molecule has 100 valence electrons. The second-order valence-corrected chi connectivity index (χ2v) is 4.38. The normalized spacial score (nSPS) is 10.5. The molecule has 2 N–H and O–H groups in total. The summed E-state index contributed by atoms with van der Waals surface area (Å²) < 4.78 is 6.48. The van der Waals surface area contributed by atoms with Gasteiger partial charge in [-0.1, -0.05) is 23.7 Å². The number of esters is 1. The topological polar surface area (TPSA) is 70.1 Å². The van der Waals surface area contributed by atoms with Gasteiger partial charge in [0.25, 0.3) is 0 Å². The third-order valence-electron chi connectivity index (χ3n) is 2.70. The molecule has 2 aromatic rings. The lowest BCUT2D eigenvalue weighted by Crippen LogP contribution is -2.10. The number of halogens is 1. The van der Waals surface area contributed by atoms with Crippen LogP contribution in [-0.2, 0) is 4.74 Å². The molecule has 5 nitrogen and oxygen atoms in total. The quantitative estimate of drug-likeness (QED) is 0.877. The lowest BCUT2D eigenvalue weighted by atomic mass is 10.2. The number of hydrogen-bond donors (Lipinski definition) is 1. The Morgan fingerprint density at radius 1 is 1.53 bits per heavy atom. The highest BCUT2D eigenvalue weighted by molar-refractivity contribution is 6.32. The maximum Gasteiger partial charge on any atom is 0.360 e. The first-order chi connectivity index (χ1) is 9.06. The van der Waals surface area contributed by atoms with Crippen LogP contribution in [0.25, 0.3) is 5.69 Å². The number of carbonyl (C=O) groups excluding carboxylic acids is 1. The predicted octanol–water partition coefficient (Wildman–Crippen LogP) is 2.59. The fraction of sp³-hybridized carbons (Fsp3) is 0.231. The summed E-state index contributed by atoms with van der Waals surface area (Å²) in [6.45, 7) is 3.91. The Labute approximate surface area is 116 Å². The zero-order chi connectivity index (χ0) is 14.0. The van der Waals surface area contributed by atoms with Gasteiger partial charge in [-0.3, -0.25) is 4.57 Å². The number of nitrogens with zero attached hydrogens (tertiary/aromatic N) is 2. The predicted molar refractivity (Wildman–Crippen MR) is 73.7 cm³/mol. The molecule has 1 heterocycles. The van der Waals surface area contributed by atoms with Gasteiger partial charge in [0, 0.05) is 0 Å². The molecule has 0 aliphatic heterocycles. The first kappa shape index (κ1) is 13.4. The number of aromatic nitrogens is 2. The molecule has 0 bridgehead atoms. The lowest BCUT2D eigenvalue weighted by molar-refractivity contribution is 0.0521. The van der Waals surface area contributed by atoms with Gasteiger partial charge in [-0.05, 0) is 25.5 Å². The van der Waals surface area contributed by atoms with Gasteiger partial charge < -0.3 is 10.5 Å². The zero-order valence-electron chi connectivity index (χ0n) is 10.7. The molecule has 0 saturated carbocycles. The van der Waals surface area contributed by atoms with E-state index in [9.17, 15) is 4.79 Å². The van der Waals surface area contributed by atoms with Crippen molar-refractivity contribution in [1.82, 2.24) is 9.55 Å². The van der Waals surface area contributed by atoms with Gasteiger partial charge in [-0.25, -0.2) is 9.78 Å². The van der Waals surface area contributed by atoms with Gasteiger partial charge in [0.1, 0.15) is 12.1 Å². The average Bonchev–Trinajstić information content (AvgIpc) is 2.72. The van der Waals surface area contributed by atoms with Crippen molar-refractivity contribution in [2.75, 3.05) is 12.3 Å². The van der Waals surface area contributed by atoms with E-state index in [0.717, 1.165) is 5.56 Å². The fourth-order valence-electron chi connectivity index (χ4n) is 1.82. The van der Waals surface area contributed by atoms with E-state index in [4.69, 9.17) is 22.1 Å². The number of aryl methyl sites for hydroxylation is 1. The SMILES string of the molecule is CCOC(=O)c1ncn(-c2c(C)cccc2Cl)c1N. The van der Waals surface area contributed by atoms with Crippen molar-refractivity contribution in [3.05, 3.63) is 40.8 Å². The van der Waals surface area contributed by atoms with E-state index in [1.165, 1.54) is 6.33 Å². The van der Waals surface area contributed by atoms with Gasteiger partial charge in [-0.2, -0.15) is 0 Å². The van der Waals surface area contributed by atoms with E-state index in [2.05, 4.69) is 4.98 Å². The second kappa shape index (κ2) is 5.32. The maximum atomic E-state index is 11.7. The van der Waals surface area contributed by atoms with E-state index in [-0.39, 0.29) is 18.1 Å². The standard InChI is InChI=1S/C13H14ClN3O2/c1-3-19-13(18)10-12(15)17(7-16-10)11-8(2)5-4-6-9(11)14/h4-7H,3,15H2,1-2H3. The summed E-state index contributed by atoms with van der Waals surface area (Å²) in [6, 6.07) is 5.51. The molecule has 1 aromatic carbocycles. The summed E-state index contributed by atoms with van der Waals surface area (Å²) >= 11 is 6.17. The molecule has 0 saturated heterocycles. The molecule has 19 heavy (non-hydrogen) atoms. The van der Waals surface area contributed by atoms with Crippen LogP contribution in [0.5, 0.6) is 0 Å². The molecular weight excluding hydrogens is 266 g/mol. The highest BCUT2D eigenvalue weighted by atomic mass is 35.5. The van der Waals surface area contributed by atoms with Gasteiger partial charge in [-0.15, -0.1) is 0 Å². The van der Waals surface area contributed by atoms with E-state index in [1.54, 1.807) is 17.6 Å². The molecule has 2 rings (SSSR count). The van der Waals surface area contributed by atoms with E-state index in [0.29, 0.717) is 10.7 Å². The highest BCUT2D eigenvalue weighted by Gasteiger charge is 2.19. The van der Waals surface area contributed by atoms with E-state index < -0.39 is 5.97 Å². The third kappa shape index (κ3) is 2.42. The minimum atomic E-state index is -0.538. The summed E-state index contributed by atoms with van der Waals surface area (Å²) in [7, 11) is 0.